The molecule has 0 spiro atoms. The number of methoxy groups -OCH3 is 1. The van der Waals surface area contributed by atoms with Crippen LogP contribution in [0.2, 0.25) is 0 Å². The second kappa shape index (κ2) is 6.19. The highest BCUT2D eigenvalue weighted by molar-refractivity contribution is 6.05. The zero-order valence-corrected chi connectivity index (χ0v) is 14.8. The third-order valence-corrected chi connectivity index (χ3v) is 4.50. The topological polar surface area (TPSA) is 64.4 Å². The number of nitrogens with one attached hydrogen (secondary N) is 1. The second-order valence-electron chi connectivity index (χ2n) is 6.31. The first-order valence-electron chi connectivity index (χ1n) is 8.30. The smallest absolute Gasteiger partial charge is 0.291 e. The first kappa shape index (κ1) is 16.1. The van der Waals surface area contributed by atoms with Gasteiger partial charge in [0.15, 0.2) is 5.76 Å². The average molecular weight is 346 g/mol. The Hall–Kier alpha value is -3.34. The van der Waals surface area contributed by atoms with Crippen molar-refractivity contribution in [2.45, 2.75) is 13.8 Å². The largest absolute Gasteiger partial charge is 0.497 e. The van der Waals surface area contributed by atoms with E-state index >= 15 is 0 Å². The van der Waals surface area contributed by atoms with Gasteiger partial charge < -0.3 is 14.5 Å². The van der Waals surface area contributed by atoms with Gasteiger partial charge in [-0.15, -0.1) is 0 Å². The van der Waals surface area contributed by atoms with E-state index in [9.17, 15) is 4.79 Å². The molecule has 1 amide bonds. The highest BCUT2D eigenvalue weighted by Gasteiger charge is 2.14. The summed E-state index contributed by atoms with van der Waals surface area (Å²) in [4.78, 5) is 17.0. The molecule has 5 heteroatoms. The standard InChI is InChI=1S/C21H18N2O3/c1-12-4-5-16(8-13(12)2)22-20(24)19-11-15-9-14-10-17(25-3)6-7-18(14)23-21(15)26-19/h4-11H,1-3H3,(H,22,24). The number of ether oxygens (including phenoxy) is 1. The van der Waals surface area contributed by atoms with Crippen molar-refractivity contribution in [1.82, 2.24) is 4.98 Å². The van der Waals surface area contributed by atoms with E-state index in [0.717, 1.165) is 33.3 Å². The summed E-state index contributed by atoms with van der Waals surface area (Å²) in [6, 6.07) is 15.1. The third-order valence-electron chi connectivity index (χ3n) is 4.50. The minimum Gasteiger partial charge on any atom is -0.497 e. The number of aromatic nitrogens is 1. The quantitative estimate of drug-likeness (QED) is 0.575. The van der Waals surface area contributed by atoms with Crippen molar-refractivity contribution < 1.29 is 13.9 Å². The van der Waals surface area contributed by atoms with Gasteiger partial charge in [-0.05, 0) is 67.4 Å². The molecule has 0 saturated carbocycles. The Morgan fingerprint density at radius 1 is 1.00 bits per heavy atom. The minimum atomic E-state index is -0.298. The molecule has 0 saturated heterocycles. The summed E-state index contributed by atoms with van der Waals surface area (Å²) in [6.07, 6.45) is 0. The van der Waals surface area contributed by atoms with Crippen molar-refractivity contribution in [2.24, 2.45) is 0 Å². The number of benzene rings is 2. The van der Waals surface area contributed by atoms with Crippen LogP contribution in [0.5, 0.6) is 5.75 Å². The van der Waals surface area contributed by atoms with Crippen molar-refractivity contribution in [3.8, 4) is 5.75 Å². The molecule has 0 unspecified atom stereocenters. The van der Waals surface area contributed by atoms with Gasteiger partial charge in [0.1, 0.15) is 5.75 Å². The summed E-state index contributed by atoms with van der Waals surface area (Å²) in [7, 11) is 1.63. The van der Waals surface area contributed by atoms with Crippen LogP contribution in [0.1, 0.15) is 21.7 Å². The van der Waals surface area contributed by atoms with Crippen LogP contribution in [0.25, 0.3) is 22.0 Å². The SMILES string of the molecule is COc1ccc2nc3oc(C(=O)Nc4ccc(C)c(C)c4)cc3cc2c1. The maximum atomic E-state index is 12.5. The van der Waals surface area contributed by atoms with Crippen molar-refractivity contribution in [2.75, 3.05) is 12.4 Å². The lowest BCUT2D eigenvalue weighted by molar-refractivity contribution is 0.0998. The van der Waals surface area contributed by atoms with Crippen LogP contribution >= 0.6 is 0 Å². The zero-order valence-electron chi connectivity index (χ0n) is 14.8. The summed E-state index contributed by atoms with van der Waals surface area (Å²) in [6.45, 7) is 4.04. The van der Waals surface area contributed by atoms with Crippen LogP contribution in [0.4, 0.5) is 5.69 Å². The zero-order chi connectivity index (χ0) is 18.3. The molecule has 130 valence electrons. The van der Waals surface area contributed by atoms with Gasteiger partial charge in [0.2, 0.25) is 5.71 Å². The Kier molecular flexibility index (Phi) is 3.84. The van der Waals surface area contributed by atoms with E-state index in [1.807, 2.05) is 56.3 Å². The van der Waals surface area contributed by atoms with Gasteiger partial charge in [-0.1, -0.05) is 6.07 Å². The summed E-state index contributed by atoms with van der Waals surface area (Å²) in [5, 5.41) is 4.57. The number of fused-ring (bicyclic) bond motifs is 2. The van der Waals surface area contributed by atoms with Crippen molar-refractivity contribution >= 4 is 33.6 Å². The Labute approximate surface area is 150 Å². The molecular weight excluding hydrogens is 328 g/mol. The predicted molar refractivity (Wildman–Crippen MR) is 102 cm³/mol. The number of amides is 1. The Morgan fingerprint density at radius 3 is 2.62 bits per heavy atom. The van der Waals surface area contributed by atoms with Gasteiger partial charge in [0.05, 0.1) is 12.6 Å². The van der Waals surface area contributed by atoms with Gasteiger partial charge in [-0.3, -0.25) is 4.79 Å². The minimum absolute atomic E-state index is 0.230. The summed E-state index contributed by atoms with van der Waals surface area (Å²) in [5.41, 5.74) is 4.26. The lowest BCUT2D eigenvalue weighted by Gasteiger charge is -2.06. The Balaban J connectivity index is 1.68. The molecule has 0 bridgehead atoms. The molecular formula is C21H18N2O3. The van der Waals surface area contributed by atoms with Crippen LogP contribution in [-0.2, 0) is 0 Å². The van der Waals surface area contributed by atoms with E-state index in [1.165, 1.54) is 5.56 Å². The number of nitrogens with zero attached hydrogens (tertiary/aromatic N) is 1. The number of anilines is 1. The Bertz CT molecular complexity index is 1140. The molecule has 0 atom stereocenters. The number of furan rings is 1. The van der Waals surface area contributed by atoms with E-state index < -0.39 is 0 Å². The normalized spacial score (nSPS) is 11.0. The molecule has 1 N–H and O–H groups in total. The van der Waals surface area contributed by atoms with Crippen molar-refractivity contribution in [3.05, 3.63) is 65.4 Å². The van der Waals surface area contributed by atoms with Crippen LogP contribution in [0, 0.1) is 13.8 Å². The molecule has 0 aliphatic rings. The lowest BCUT2D eigenvalue weighted by Crippen LogP contribution is -2.10. The number of hydrogen-bond acceptors (Lipinski definition) is 4. The van der Waals surface area contributed by atoms with E-state index in [2.05, 4.69) is 10.3 Å². The number of rotatable bonds is 3. The van der Waals surface area contributed by atoms with Crippen LogP contribution in [0.15, 0.2) is 52.9 Å². The van der Waals surface area contributed by atoms with E-state index in [4.69, 9.17) is 9.15 Å². The highest BCUT2D eigenvalue weighted by atomic mass is 16.5. The van der Waals surface area contributed by atoms with Gasteiger partial charge in [0.25, 0.3) is 5.91 Å². The first-order chi connectivity index (χ1) is 12.5. The molecule has 5 nitrogen and oxygen atoms in total. The fourth-order valence-corrected chi connectivity index (χ4v) is 2.86. The van der Waals surface area contributed by atoms with Gasteiger partial charge >= 0.3 is 0 Å². The molecule has 2 aromatic carbocycles. The predicted octanol–water partition coefficient (Wildman–Crippen LogP) is 4.86. The summed E-state index contributed by atoms with van der Waals surface area (Å²) < 4.78 is 10.9. The summed E-state index contributed by atoms with van der Waals surface area (Å²) in [5.74, 6) is 0.691. The summed E-state index contributed by atoms with van der Waals surface area (Å²) >= 11 is 0. The number of carbonyl (C=O) groups excluding carboxylic acids is 1. The average Bonchev–Trinajstić information content (AvgIpc) is 3.05. The monoisotopic (exact) mass is 346 g/mol. The maximum absolute atomic E-state index is 12.5. The van der Waals surface area contributed by atoms with E-state index in [0.29, 0.717) is 5.71 Å². The number of hydrogen-bond donors (Lipinski definition) is 1. The molecule has 2 heterocycles. The number of aryl methyl sites for hydroxylation is 2. The second-order valence-corrected chi connectivity index (χ2v) is 6.31. The molecule has 0 aliphatic heterocycles. The molecule has 4 rings (SSSR count). The molecule has 0 radical (unpaired) electrons. The van der Waals surface area contributed by atoms with E-state index in [-0.39, 0.29) is 11.7 Å². The molecule has 0 aliphatic carbocycles. The van der Waals surface area contributed by atoms with Crippen molar-refractivity contribution in [3.63, 3.8) is 0 Å². The van der Waals surface area contributed by atoms with Crippen LogP contribution in [0.3, 0.4) is 0 Å². The van der Waals surface area contributed by atoms with E-state index in [1.54, 1.807) is 13.2 Å². The van der Waals surface area contributed by atoms with Gasteiger partial charge in [-0.2, -0.15) is 0 Å². The maximum Gasteiger partial charge on any atom is 0.291 e. The lowest BCUT2D eigenvalue weighted by atomic mass is 10.1. The molecule has 2 aromatic heterocycles. The third kappa shape index (κ3) is 2.88. The van der Waals surface area contributed by atoms with Gasteiger partial charge in [-0.25, -0.2) is 4.98 Å². The molecule has 4 aromatic rings. The molecule has 0 fully saturated rings. The van der Waals surface area contributed by atoms with Crippen LogP contribution in [-0.4, -0.2) is 18.0 Å². The Morgan fingerprint density at radius 2 is 1.85 bits per heavy atom. The fourth-order valence-electron chi connectivity index (χ4n) is 2.86. The van der Waals surface area contributed by atoms with Crippen molar-refractivity contribution in [1.29, 1.82) is 0 Å². The highest BCUT2D eigenvalue weighted by Crippen LogP contribution is 2.26. The first-order valence-corrected chi connectivity index (χ1v) is 8.30. The van der Waals surface area contributed by atoms with Gasteiger partial charge in [0, 0.05) is 16.5 Å². The van der Waals surface area contributed by atoms with Crippen LogP contribution < -0.4 is 10.1 Å². The number of pyridine rings is 1. The number of carbonyl (C=O) groups is 1. The molecule has 26 heavy (non-hydrogen) atoms. The fraction of sp³-hybridized carbons (Fsp3) is 0.143.